The van der Waals surface area contributed by atoms with Crippen LogP contribution in [0.25, 0.3) is 23.3 Å². The number of hydrogen-bond donors (Lipinski definition) is 0. The third kappa shape index (κ3) is 5.27. The van der Waals surface area contributed by atoms with Crippen LogP contribution < -0.4 is 20.7 Å². The van der Waals surface area contributed by atoms with Crippen LogP contribution in [0.4, 0.5) is 0 Å². The standard InChI is InChI=1S/C33H27OP/c1-34-28-24-21-26(22-25-28)20-23-27-12-8-9-17-31(27)32-18-10-11-19-33(32)35(29-13-4-2-5-14-29)30-15-6-3-7-16-30/h2-25H,1H3. The van der Waals surface area contributed by atoms with Crippen LogP contribution in [0.15, 0.2) is 133 Å². The van der Waals surface area contributed by atoms with E-state index < -0.39 is 7.92 Å². The first-order valence-electron chi connectivity index (χ1n) is 11.7. The molecule has 0 unspecified atom stereocenters. The fraction of sp³-hybridized carbons (Fsp3) is 0.0303. The second kappa shape index (κ2) is 11.0. The van der Waals surface area contributed by atoms with E-state index in [1.165, 1.54) is 32.6 Å². The summed E-state index contributed by atoms with van der Waals surface area (Å²) in [5.41, 5.74) is 4.87. The van der Waals surface area contributed by atoms with Crippen LogP contribution in [-0.4, -0.2) is 7.11 Å². The molecule has 0 amide bonds. The summed E-state index contributed by atoms with van der Waals surface area (Å²) in [6, 6.07) is 47.4. The van der Waals surface area contributed by atoms with Gasteiger partial charge in [0, 0.05) is 0 Å². The molecule has 1 nitrogen and oxygen atoms in total. The fourth-order valence-electron chi connectivity index (χ4n) is 4.27. The minimum Gasteiger partial charge on any atom is -0.497 e. The first kappa shape index (κ1) is 22.8. The quantitative estimate of drug-likeness (QED) is 0.179. The van der Waals surface area contributed by atoms with Gasteiger partial charge in [-0.1, -0.05) is 133 Å². The van der Waals surface area contributed by atoms with Crippen molar-refractivity contribution in [3.05, 3.63) is 145 Å². The second-order valence-corrected chi connectivity index (χ2v) is 10.4. The van der Waals surface area contributed by atoms with E-state index in [0.29, 0.717) is 0 Å². The minimum absolute atomic E-state index is 0.700. The molecule has 5 aromatic rings. The Morgan fingerprint density at radius 1 is 0.514 bits per heavy atom. The summed E-state index contributed by atoms with van der Waals surface area (Å²) in [7, 11) is 0.993. The Hall–Kier alpha value is -3.93. The van der Waals surface area contributed by atoms with Gasteiger partial charge in [-0.15, -0.1) is 0 Å². The summed E-state index contributed by atoms with van der Waals surface area (Å²) in [4.78, 5) is 0. The van der Waals surface area contributed by atoms with Crippen LogP contribution in [-0.2, 0) is 0 Å². The monoisotopic (exact) mass is 470 g/mol. The lowest BCUT2D eigenvalue weighted by Gasteiger charge is -2.23. The van der Waals surface area contributed by atoms with Crippen LogP contribution in [0.5, 0.6) is 5.75 Å². The predicted octanol–water partition coefficient (Wildman–Crippen LogP) is 7.29. The van der Waals surface area contributed by atoms with E-state index in [-0.39, 0.29) is 0 Å². The highest BCUT2D eigenvalue weighted by Crippen LogP contribution is 2.38. The van der Waals surface area contributed by atoms with E-state index in [2.05, 4.69) is 133 Å². The summed E-state index contributed by atoms with van der Waals surface area (Å²) < 4.78 is 5.30. The third-order valence-electron chi connectivity index (χ3n) is 6.00. The van der Waals surface area contributed by atoms with Crippen LogP contribution >= 0.6 is 7.92 Å². The number of benzene rings is 5. The normalized spacial score (nSPS) is 11.1. The minimum atomic E-state index is -0.700. The van der Waals surface area contributed by atoms with E-state index >= 15 is 0 Å². The van der Waals surface area contributed by atoms with Gasteiger partial charge in [0.15, 0.2) is 0 Å². The van der Waals surface area contributed by atoms with Crippen molar-refractivity contribution < 1.29 is 4.74 Å². The fourth-order valence-corrected chi connectivity index (χ4v) is 6.73. The number of hydrogen-bond acceptors (Lipinski definition) is 1. The molecule has 0 N–H and O–H groups in total. The summed E-state index contributed by atoms with van der Waals surface area (Å²) in [6.45, 7) is 0. The Balaban J connectivity index is 1.60. The van der Waals surface area contributed by atoms with Gasteiger partial charge in [0.2, 0.25) is 0 Å². The summed E-state index contributed by atoms with van der Waals surface area (Å²) in [5.74, 6) is 0.867. The topological polar surface area (TPSA) is 9.23 Å². The Morgan fingerprint density at radius 2 is 1.06 bits per heavy atom. The molecule has 5 rings (SSSR count). The molecule has 0 aliphatic rings. The zero-order valence-electron chi connectivity index (χ0n) is 19.7. The molecule has 0 spiro atoms. The van der Waals surface area contributed by atoms with Crippen molar-refractivity contribution in [3.63, 3.8) is 0 Å². The molecular formula is C33H27OP. The van der Waals surface area contributed by atoms with Crippen LogP contribution in [0.3, 0.4) is 0 Å². The van der Waals surface area contributed by atoms with Crippen molar-refractivity contribution in [1.29, 1.82) is 0 Å². The van der Waals surface area contributed by atoms with Gasteiger partial charge in [0.25, 0.3) is 0 Å². The molecule has 0 radical (unpaired) electrons. The molecule has 0 fully saturated rings. The van der Waals surface area contributed by atoms with Gasteiger partial charge in [-0.25, -0.2) is 0 Å². The highest BCUT2D eigenvalue weighted by atomic mass is 31.1. The maximum atomic E-state index is 5.30. The lowest BCUT2D eigenvalue weighted by atomic mass is 9.99. The number of ether oxygens (including phenoxy) is 1. The zero-order valence-corrected chi connectivity index (χ0v) is 20.6. The highest BCUT2D eigenvalue weighted by Gasteiger charge is 2.20. The average molecular weight is 471 g/mol. The molecule has 0 aromatic heterocycles. The number of methoxy groups -OCH3 is 1. The van der Waals surface area contributed by atoms with E-state index in [1.807, 2.05) is 12.1 Å². The SMILES string of the molecule is COc1ccc(C=Cc2ccccc2-c2ccccc2P(c2ccccc2)c2ccccc2)cc1. The summed E-state index contributed by atoms with van der Waals surface area (Å²) in [6.07, 6.45) is 4.37. The van der Waals surface area contributed by atoms with Gasteiger partial charge in [-0.2, -0.15) is 0 Å². The molecule has 0 saturated carbocycles. The Kier molecular flexibility index (Phi) is 7.18. The molecule has 0 heterocycles. The third-order valence-corrected chi connectivity index (χ3v) is 8.50. The Morgan fingerprint density at radius 3 is 1.69 bits per heavy atom. The largest absolute Gasteiger partial charge is 0.497 e. The molecule has 0 bridgehead atoms. The average Bonchev–Trinajstić information content (AvgIpc) is 2.94. The maximum Gasteiger partial charge on any atom is 0.118 e. The molecule has 170 valence electrons. The lowest BCUT2D eigenvalue weighted by Crippen LogP contribution is -2.22. The molecule has 0 atom stereocenters. The predicted molar refractivity (Wildman–Crippen MR) is 153 cm³/mol. The first-order valence-corrected chi connectivity index (χ1v) is 13.1. The van der Waals surface area contributed by atoms with Gasteiger partial charge < -0.3 is 4.74 Å². The Bertz CT molecular complexity index is 1370. The highest BCUT2D eigenvalue weighted by molar-refractivity contribution is 7.80. The van der Waals surface area contributed by atoms with E-state index in [1.54, 1.807) is 7.11 Å². The molecule has 0 aliphatic heterocycles. The van der Waals surface area contributed by atoms with E-state index in [4.69, 9.17) is 4.74 Å². The van der Waals surface area contributed by atoms with Crippen LogP contribution in [0.2, 0.25) is 0 Å². The van der Waals surface area contributed by atoms with Gasteiger partial charge in [0.05, 0.1) is 7.11 Å². The van der Waals surface area contributed by atoms with Crippen molar-refractivity contribution in [2.24, 2.45) is 0 Å². The summed E-state index contributed by atoms with van der Waals surface area (Å²) in [5, 5.41) is 4.07. The van der Waals surface area contributed by atoms with Crippen molar-refractivity contribution in [2.45, 2.75) is 0 Å². The van der Waals surface area contributed by atoms with E-state index in [9.17, 15) is 0 Å². The molecule has 5 aromatic carbocycles. The summed E-state index contributed by atoms with van der Waals surface area (Å²) >= 11 is 0. The van der Waals surface area contributed by atoms with Gasteiger partial charge in [0.1, 0.15) is 5.75 Å². The van der Waals surface area contributed by atoms with Crippen molar-refractivity contribution in [2.75, 3.05) is 7.11 Å². The maximum absolute atomic E-state index is 5.30. The molecule has 0 aliphatic carbocycles. The van der Waals surface area contributed by atoms with Crippen LogP contribution in [0.1, 0.15) is 11.1 Å². The van der Waals surface area contributed by atoms with Crippen molar-refractivity contribution >= 4 is 36.0 Å². The zero-order chi connectivity index (χ0) is 23.9. The Labute approximate surface area is 209 Å². The molecule has 0 saturated heterocycles. The first-order chi connectivity index (χ1) is 17.3. The van der Waals surface area contributed by atoms with Gasteiger partial charge in [-0.05, 0) is 58.2 Å². The molecule has 35 heavy (non-hydrogen) atoms. The molecule has 2 heteroatoms. The van der Waals surface area contributed by atoms with Gasteiger partial charge in [-0.3, -0.25) is 0 Å². The van der Waals surface area contributed by atoms with Crippen molar-refractivity contribution in [3.8, 4) is 16.9 Å². The molecular weight excluding hydrogens is 443 g/mol. The van der Waals surface area contributed by atoms with Crippen molar-refractivity contribution in [1.82, 2.24) is 0 Å². The second-order valence-electron chi connectivity index (χ2n) is 8.22. The smallest absolute Gasteiger partial charge is 0.118 e. The van der Waals surface area contributed by atoms with Gasteiger partial charge >= 0.3 is 0 Å². The lowest BCUT2D eigenvalue weighted by molar-refractivity contribution is 0.415. The number of rotatable bonds is 7. The van der Waals surface area contributed by atoms with Crippen LogP contribution in [0, 0.1) is 0 Å². The van der Waals surface area contributed by atoms with E-state index in [0.717, 1.165) is 11.3 Å².